The van der Waals surface area contributed by atoms with Gasteiger partial charge >= 0.3 is 0 Å². The van der Waals surface area contributed by atoms with Crippen LogP contribution >= 0.6 is 0 Å². The van der Waals surface area contributed by atoms with Gasteiger partial charge in [0.1, 0.15) is 5.75 Å². The van der Waals surface area contributed by atoms with E-state index in [0.717, 1.165) is 50.4 Å². The molecule has 2 fully saturated rings. The molecule has 4 rings (SSSR count). The maximum absolute atomic E-state index is 9.98. The molecule has 2 aromatic carbocycles. The minimum Gasteiger partial charge on any atom is -0.496 e. The SMILES string of the molecule is COc1ccc(CN2C[C@@H]3COCC[C@]3(CO)C2)c2ccccc12. The van der Waals surface area contributed by atoms with Crippen molar-refractivity contribution in [1.82, 2.24) is 4.90 Å². The van der Waals surface area contributed by atoms with Gasteiger partial charge in [0.25, 0.3) is 0 Å². The standard InChI is InChI=1S/C20H25NO3/c1-23-19-7-6-15(17-4-2-3-5-18(17)19)10-21-11-16-12-24-9-8-20(16,13-21)14-22/h2-7,16,22H,8-14H2,1H3/t16-,20-/m1/s1. The normalized spacial score (nSPS) is 27.3. The van der Waals surface area contributed by atoms with Crippen molar-refractivity contribution in [3.8, 4) is 5.75 Å². The lowest BCUT2D eigenvalue weighted by atomic mass is 9.75. The second-order valence-electron chi connectivity index (χ2n) is 7.18. The molecule has 2 atom stereocenters. The molecular weight excluding hydrogens is 302 g/mol. The van der Waals surface area contributed by atoms with Crippen LogP contribution in [0.4, 0.5) is 0 Å². The third-order valence-corrected chi connectivity index (χ3v) is 5.85. The van der Waals surface area contributed by atoms with E-state index < -0.39 is 0 Å². The lowest BCUT2D eigenvalue weighted by molar-refractivity contribution is -0.0417. The predicted octanol–water partition coefficient (Wildman–Crippen LogP) is 2.68. The Kier molecular flexibility index (Phi) is 4.21. The quantitative estimate of drug-likeness (QED) is 0.937. The molecular formula is C20H25NO3. The van der Waals surface area contributed by atoms with Gasteiger partial charge in [-0.15, -0.1) is 0 Å². The minimum absolute atomic E-state index is 0.0283. The molecule has 2 aliphatic rings. The molecule has 0 spiro atoms. The fraction of sp³-hybridized carbons (Fsp3) is 0.500. The van der Waals surface area contributed by atoms with Crippen LogP contribution in [-0.4, -0.2) is 50.0 Å². The Morgan fingerprint density at radius 1 is 1.25 bits per heavy atom. The number of aliphatic hydroxyl groups excluding tert-OH is 1. The molecule has 2 aromatic rings. The molecule has 4 nitrogen and oxygen atoms in total. The van der Waals surface area contributed by atoms with Crippen molar-refractivity contribution >= 4 is 10.8 Å². The summed E-state index contributed by atoms with van der Waals surface area (Å²) < 4.78 is 11.2. The van der Waals surface area contributed by atoms with Gasteiger partial charge in [-0.1, -0.05) is 30.3 Å². The van der Waals surface area contributed by atoms with Crippen LogP contribution in [0.5, 0.6) is 5.75 Å². The molecule has 0 unspecified atom stereocenters. The maximum Gasteiger partial charge on any atom is 0.126 e. The Labute approximate surface area is 143 Å². The van der Waals surface area contributed by atoms with E-state index in [1.807, 2.05) is 0 Å². The second kappa shape index (κ2) is 6.36. The summed E-state index contributed by atoms with van der Waals surface area (Å²) in [6.07, 6.45) is 0.966. The number of rotatable bonds is 4. The van der Waals surface area contributed by atoms with Gasteiger partial charge in [-0.25, -0.2) is 0 Å². The Morgan fingerprint density at radius 3 is 2.83 bits per heavy atom. The third kappa shape index (κ3) is 2.59. The van der Waals surface area contributed by atoms with E-state index in [9.17, 15) is 5.11 Å². The molecule has 0 amide bonds. The van der Waals surface area contributed by atoms with Gasteiger partial charge in [0, 0.05) is 43.0 Å². The monoisotopic (exact) mass is 327 g/mol. The summed E-state index contributed by atoms with van der Waals surface area (Å²) in [7, 11) is 1.72. The molecule has 4 heteroatoms. The molecule has 0 aromatic heterocycles. The molecule has 0 aliphatic carbocycles. The molecule has 0 saturated carbocycles. The Morgan fingerprint density at radius 2 is 2.08 bits per heavy atom. The highest BCUT2D eigenvalue weighted by Crippen LogP contribution is 2.42. The number of fused-ring (bicyclic) bond motifs is 2. The lowest BCUT2D eigenvalue weighted by Gasteiger charge is -2.36. The van der Waals surface area contributed by atoms with Crippen LogP contribution in [-0.2, 0) is 11.3 Å². The molecule has 24 heavy (non-hydrogen) atoms. The molecule has 128 valence electrons. The summed E-state index contributed by atoms with van der Waals surface area (Å²) in [5.41, 5.74) is 1.35. The van der Waals surface area contributed by atoms with Crippen LogP contribution < -0.4 is 4.74 Å². The van der Waals surface area contributed by atoms with E-state index >= 15 is 0 Å². The number of aliphatic hydroxyl groups is 1. The number of hydrogen-bond acceptors (Lipinski definition) is 4. The smallest absolute Gasteiger partial charge is 0.126 e. The number of benzene rings is 2. The van der Waals surface area contributed by atoms with Crippen LogP contribution in [0.3, 0.4) is 0 Å². The molecule has 0 bridgehead atoms. The summed E-state index contributed by atoms with van der Waals surface area (Å²) in [5, 5.41) is 12.4. The van der Waals surface area contributed by atoms with Crippen LogP contribution in [0.1, 0.15) is 12.0 Å². The highest BCUT2D eigenvalue weighted by atomic mass is 16.5. The highest BCUT2D eigenvalue weighted by Gasteiger charge is 2.47. The van der Waals surface area contributed by atoms with Gasteiger partial charge < -0.3 is 14.6 Å². The fourth-order valence-electron chi connectivity index (χ4n) is 4.43. The van der Waals surface area contributed by atoms with Crippen molar-refractivity contribution in [2.24, 2.45) is 11.3 Å². The van der Waals surface area contributed by atoms with Crippen molar-refractivity contribution < 1.29 is 14.6 Å². The second-order valence-corrected chi connectivity index (χ2v) is 7.18. The average molecular weight is 327 g/mol. The van der Waals surface area contributed by atoms with Gasteiger partial charge in [-0.2, -0.15) is 0 Å². The molecule has 2 heterocycles. The first-order valence-electron chi connectivity index (χ1n) is 8.71. The third-order valence-electron chi connectivity index (χ3n) is 5.85. The summed E-state index contributed by atoms with van der Waals surface area (Å²) in [6, 6.07) is 12.7. The van der Waals surface area contributed by atoms with E-state index in [1.165, 1.54) is 10.9 Å². The van der Waals surface area contributed by atoms with E-state index in [2.05, 4.69) is 41.3 Å². The number of likely N-dealkylation sites (tertiary alicyclic amines) is 1. The van der Waals surface area contributed by atoms with Gasteiger partial charge in [-0.3, -0.25) is 4.90 Å². The Hall–Kier alpha value is -1.62. The zero-order valence-electron chi connectivity index (χ0n) is 14.2. The van der Waals surface area contributed by atoms with E-state index in [0.29, 0.717) is 5.92 Å². The van der Waals surface area contributed by atoms with Crippen LogP contribution in [0.2, 0.25) is 0 Å². The molecule has 2 saturated heterocycles. The first-order valence-corrected chi connectivity index (χ1v) is 8.71. The van der Waals surface area contributed by atoms with Gasteiger partial charge in [0.15, 0.2) is 0 Å². The fourth-order valence-corrected chi connectivity index (χ4v) is 4.43. The van der Waals surface area contributed by atoms with E-state index in [4.69, 9.17) is 9.47 Å². The summed E-state index contributed by atoms with van der Waals surface area (Å²) in [6.45, 7) is 4.68. The predicted molar refractivity (Wildman–Crippen MR) is 94.2 cm³/mol. The number of methoxy groups -OCH3 is 1. The lowest BCUT2D eigenvalue weighted by Crippen LogP contribution is -2.41. The minimum atomic E-state index is 0.0283. The van der Waals surface area contributed by atoms with Gasteiger partial charge in [0.2, 0.25) is 0 Å². The van der Waals surface area contributed by atoms with Crippen molar-refractivity contribution in [3.63, 3.8) is 0 Å². The summed E-state index contributed by atoms with van der Waals surface area (Å²) in [4.78, 5) is 2.48. The zero-order chi connectivity index (χ0) is 16.6. The molecule has 2 aliphatic heterocycles. The van der Waals surface area contributed by atoms with Crippen molar-refractivity contribution in [1.29, 1.82) is 0 Å². The van der Waals surface area contributed by atoms with E-state index in [-0.39, 0.29) is 12.0 Å². The largest absolute Gasteiger partial charge is 0.496 e. The Balaban J connectivity index is 1.61. The van der Waals surface area contributed by atoms with Crippen LogP contribution in [0, 0.1) is 11.3 Å². The first kappa shape index (κ1) is 15.9. The van der Waals surface area contributed by atoms with Crippen LogP contribution in [0.15, 0.2) is 36.4 Å². The summed E-state index contributed by atoms with van der Waals surface area (Å²) >= 11 is 0. The van der Waals surface area contributed by atoms with Crippen molar-refractivity contribution in [3.05, 3.63) is 42.0 Å². The van der Waals surface area contributed by atoms with E-state index in [1.54, 1.807) is 7.11 Å². The van der Waals surface area contributed by atoms with Crippen molar-refractivity contribution in [2.75, 3.05) is 40.0 Å². The summed E-state index contributed by atoms with van der Waals surface area (Å²) in [5.74, 6) is 1.37. The topological polar surface area (TPSA) is 41.9 Å². The Bertz CT molecular complexity index is 732. The van der Waals surface area contributed by atoms with Gasteiger partial charge in [-0.05, 0) is 23.4 Å². The number of nitrogens with zero attached hydrogens (tertiary/aromatic N) is 1. The number of hydrogen-bond donors (Lipinski definition) is 1. The van der Waals surface area contributed by atoms with Crippen molar-refractivity contribution in [2.45, 2.75) is 13.0 Å². The zero-order valence-corrected chi connectivity index (χ0v) is 14.2. The molecule has 0 radical (unpaired) electrons. The van der Waals surface area contributed by atoms with Gasteiger partial charge in [0.05, 0.1) is 20.3 Å². The molecule has 1 N–H and O–H groups in total. The average Bonchev–Trinajstić information content (AvgIpc) is 3.00. The van der Waals surface area contributed by atoms with Crippen LogP contribution in [0.25, 0.3) is 10.8 Å². The highest BCUT2D eigenvalue weighted by molar-refractivity contribution is 5.91. The first-order chi connectivity index (χ1) is 11.8. The number of ether oxygens (including phenoxy) is 2. The maximum atomic E-state index is 9.98.